The lowest BCUT2D eigenvalue weighted by atomic mass is 10.3. The number of carbonyl (C=O) groups excluding carboxylic acids is 2. The highest BCUT2D eigenvalue weighted by Gasteiger charge is 2.13. The van der Waals surface area contributed by atoms with E-state index >= 15 is 0 Å². The lowest BCUT2D eigenvalue weighted by molar-refractivity contribution is 0.0906. The Hall–Kier alpha value is -1.76. The monoisotopic (exact) mass is 406 g/mol. The molecule has 0 saturated carbocycles. The van der Waals surface area contributed by atoms with E-state index in [4.69, 9.17) is 38.5 Å². The van der Waals surface area contributed by atoms with Crippen molar-refractivity contribution < 1.29 is 48.1 Å². The largest absolute Gasteiger partial charge is 0.466 e. The Morgan fingerprint density at radius 3 is 1.44 bits per heavy atom. The quantitative estimate of drug-likeness (QED) is 0.251. The summed E-state index contributed by atoms with van der Waals surface area (Å²) in [4.78, 5) is 88.2. The van der Waals surface area contributed by atoms with Gasteiger partial charge in [-0.25, -0.2) is 18.5 Å². The van der Waals surface area contributed by atoms with Gasteiger partial charge in [-0.2, -0.15) is 4.57 Å². The fraction of sp³-hybridized carbons (Fsp3) is 0.333. The van der Waals surface area contributed by atoms with Crippen molar-refractivity contribution in [1.82, 2.24) is 9.13 Å². The second-order valence-electron chi connectivity index (χ2n) is 4.17. The molecule has 0 amide bonds. The SMILES string of the molecule is CC(=O)n1cc(C)c(=O)n(C(C)=O)c1=O.O=P(O)(O)O.O=P(O)(O)O. The Bertz CT molecular complexity index is 805. The molecule has 0 radical (unpaired) electrons. The van der Waals surface area contributed by atoms with Gasteiger partial charge in [-0.3, -0.25) is 14.4 Å². The maximum Gasteiger partial charge on any atom is 0.466 e. The van der Waals surface area contributed by atoms with Crippen LogP contribution in [0.1, 0.15) is 29.0 Å². The molecule has 0 aromatic carbocycles. The maximum atomic E-state index is 11.5. The first kappa shape index (κ1) is 25.5. The normalized spacial score (nSPS) is 10.8. The van der Waals surface area contributed by atoms with Gasteiger partial charge in [0.05, 0.1) is 0 Å². The van der Waals surface area contributed by atoms with Gasteiger partial charge < -0.3 is 29.4 Å². The van der Waals surface area contributed by atoms with Crippen LogP contribution in [0.2, 0.25) is 0 Å². The highest BCUT2D eigenvalue weighted by atomic mass is 31.2. The second-order valence-corrected chi connectivity index (χ2v) is 6.22. The van der Waals surface area contributed by atoms with Crippen LogP contribution in [-0.4, -0.2) is 50.3 Å². The Morgan fingerprint density at radius 1 is 0.880 bits per heavy atom. The number of nitrogens with zero attached hydrogens (tertiary/aromatic N) is 2. The molecule has 6 N–H and O–H groups in total. The summed E-state index contributed by atoms with van der Waals surface area (Å²) in [6, 6.07) is 0. The molecular formula is C9H16N2O12P2. The van der Waals surface area contributed by atoms with Gasteiger partial charge in [0.25, 0.3) is 5.56 Å². The Morgan fingerprint density at radius 2 is 1.20 bits per heavy atom. The second kappa shape index (κ2) is 9.65. The smallest absolute Gasteiger partial charge is 0.303 e. The Balaban J connectivity index is 0. The number of hydrogen-bond acceptors (Lipinski definition) is 6. The molecule has 144 valence electrons. The fourth-order valence-corrected chi connectivity index (χ4v) is 1.18. The zero-order chi connectivity index (χ0) is 20.7. The molecule has 0 unspecified atom stereocenters. The molecule has 0 aliphatic rings. The lowest BCUT2D eigenvalue weighted by Crippen LogP contribution is -2.44. The Labute approximate surface area is 139 Å². The summed E-state index contributed by atoms with van der Waals surface area (Å²) in [6.45, 7) is 3.70. The third-order valence-electron chi connectivity index (χ3n) is 1.91. The third-order valence-corrected chi connectivity index (χ3v) is 1.91. The molecule has 1 heterocycles. The number of aromatic nitrogens is 2. The van der Waals surface area contributed by atoms with Gasteiger partial charge in [-0.15, -0.1) is 0 Å². The van der Waals surface area contributed by atoms with Crippen molar-refractivity contribution in [1.29, 1.82) is 0 Å². The molecule has 0 fully saturated rings. The van der Waals surface area contributed by atoms with Crippen molar-refractivity contribution in [2.45, 2.75) is 20.8 Å². The molecule has 0 aliphatic carbocycles. The van der Waals surface area contributed by atoms with Crippen molar-refractivity contribution >= 4 is 27.5 Å². The summed E-state index contributed by atoms with van der Waals surface area (Å²) >= 11 is 0. The van der Waals surface area contributed by atoms with Crippen LogP contribution < -0.4 is 11.2 Å². The lowest BCUT2D eigenvalue weighted by Gasteiger charge is -2.05. The van der Waals surface area contributed by atoms with E-state index in [1.165, 1.54) is 13.8 Å². The van der Waals surface area contributed by atoms with Gasteiger partial charge in [0.2, 0.25) is 11.8 Å². The predicted molar refractivity (Wildman–Crippen MR) is 80.8 cm³/mol. The topological polar surface area (TPSA) is 234 Å². The summed E-state index contributed by atoms with van der Waals surface area (Å²) in [5, 5.41) is 0. The average Bonchev–Trinajstić information content (AvgIpc) is 2.28. The first-order valence-electron chi connectivity index (χ1n) is 5.80. The first-order chi connectivity index (χ1) is 10.9. The molecule has 0 aliphatic heterocycles. The van der Waals surface area contributed by atoms with E-state index in [-0.39, 0.29) is 5.56 Å². The van der Waals surface area contributed by atoms with E-state index in [1.54, 1.807) is 0 Å². The Kier molecular flexibility index (Phi) is 9.84. The van der Waals surface area contributed by atoms with Crippen LogP contribution >= 0.6 is 15.6 Å². The van der Waals surface area contributed by atoms with E-state index in [0.717, 1.165) is 17.7 Å². The molecule has 1 rings (SSSR count). The van der Waals surface area contributed by atoms with Crippen molar-refractivity contribution in [2.24, 2.45) is 0 Å². The van der Waals surface area contributed by atoms with Crippen LogP contribution in [-0.2, 0) is 9.13 Å². The van der Waals surface area contributed by atoms with E-state index in [0.29, 0.717) is 4.57 Å². The molecule has 14 nitrogen and oxygen atoms in total. The van der Waals surface area contributed by atoms with Gasteiger partial charge in [-0.05, 0) is 6.92 Å². The summed E-state index contributed by atoms with van der Waals surface area (Å²) < 4.78 is 18.9. The fourth-order valence-electron chi connectivity index (χ4n) is 1.18. The average molecular weight is 406 g/mol. The van der Waals surface area contributed by atoms with Gasteiger partial charge in [0, 0.05) is 25.6 Å². The summed E-state index contributed by atoms with van der Waals surface area (Å²) in [5.41, 5.74) is -1.45. The standard InChI is InChI=1S/C9H10N2O4.2H3O4P/c1-5-4-10(6(2)12)9(15)11(7(3)13)8(5)14;2*1-5(2,3)4/h4H,1-3H3;2*(H3,1,2,3,4). The van der Waals surface area contributed by atoms with Crippen LogP contribution in [0.5, 0.6) is 0 Å². The molecular weight excluding hydrogens is 390 g/mol. The van der Waals surface area contributed by atoms with E-state index in [1.807, 2.05) is 0 Å². The minimum absolute atomic E-state index is 0.167. The van der Waals surface area contributed by atoms with Gasteiger partial charge in [0.1, 0.15) is 0 Å². The highest BCUT2D eigenvalue weighted by Crippen LogP contribution is 2.26. The van der Waals surface area contributed by atoms with Crippen molar-refractivity contribution in [3.8, 4) is 0 Å². The van der Waals surface area contributed by atoms with Crippen molar-refractivity contribution in [3.05, 3.63) is 32.6 Å². The van der Waals surface area contributed by atoms with Gasteiger partial charge in [-0.1, -0.05) is 0 Å². The van der Waals surface area contributed by atoms with E-state index < -0.39 is 38.7 Å². The number of aryl methyl sites for hydroxylation is 1. The molecule has 0 atom stereocenters. The van der Waals surface area contributed by atoms with Gasteiger partial charge in [0.15, 0.2) is 0 Å². The molecule has 1 aromatic heterocycles. The number of phosphoric acid groups is 2. The molecule has 1 aromatic rings. The molecule has 0 saturated heterocycles. The molecule has 16 heteroatoms. The number of carbonyl (C=O) groups is 2. The van der Waals surface area contributed by atoms with Gasteiger partial charge >= 0.3 is 21.3 Å². The summed E-state index contributed by atoms with van der Waals surface area (Å²) in [6.07, 6.45) is 1.13. The zero-order valence-corrected chi connectivity index (χ0v) is 14.8. The minimum Gasteiger partial charge on any atom is -0.303 e. The molecule has 0 spiro atoms. The molecule has 0 bridgehead atoms. The van der Waals surface area contributed by atoms with E-state index in [2.05, 4.69) is 0 Å². The predicted octanol–water partition coefficient (Wildman–Crippen LogP) is -2.22. The molecule has 25 heavy (non-hydrogen) atoms. The van der Waals surface area contributed by atoms with Crippen LogP contribution in [0, 0.1) is 6.92 Å². The number of rotatable bonds is 0. The van der Waals surface area contributed by atoms with Crippen molar-refractivity contribution in [3.63, 3.8) is 0 Å². The van der Waals surface area contributed by atoms with Crippen molar-refractivity contribution in [2.75, 3.05) is 0 Å². The highest BCUT2D eigenvalue weighted by molar-refractivity contribution is 7.45. The van der Waals surface area contributed by atoms with E-state index in [9.17, 15) is 19.2 Å². The minimum atomic E-state index is -4.64. The van der Waals surface area contributed by atoms with Crippen LogP contribution in [0.15, 0.2) is 15.8 Å². The first-order valence-corrected chi connectivity index (χ1v) is 8.93. The number of hydrogen-bond donors (Lipinski definition) is 6. The third kappa shape index (κ3) is 13.2. The maximum absolute atomic E-state index is 11.5. The van der Waals surface area contributed by atoms with Crippen LogP contribution in [0.25, 0.3) is 0 Å². The van der Waals surface area contributed by atoms with Crippen LogP contribution in [0.4, 0.5) is 0 Å². The zero-order valence-electron chi connectivity index (χ0n) is 13.0. The van der Waals surface area contributed by atoms with Crippen LogP contribution in [0.3, 0.4) is 0 Å². The summed E-state index contributed by atoms with van der Waals surface area (Å²) in [7, 11) is -9.28. The summed E-state index contributed by atoms with van der Waals surface area (Å²) in [5.74, 6) is -1.25.